The van der Waals surface area contributed by atoms with Gasteiger partial charge in [-0.15, -0.1) is 0 Å². The molecule has 0 amide bonds. The van der Waals surface area contributed by atoms with Crippen molar-refractivity contribution >= 4 is 11.9 Å². The maximum Gasteiger partial charge on any atom is 0.344 e. The van der Waals surface area contributed by atoms with Crippen LogP contribution in [0.5, 0.6) is 0 Å². The maximum absolute atomic E-state index is 12.5. The Morgan fingerprint density at radius 3 is 1.42 bits per heavy atom. The largest absolute Gasteiger partial charge is 0.467 e. The normalized spacial score (nSPS) is 14.7. The Morgan fingerprint density at radius 1 is 1.00 bits per heavy atom. The maximum atomic E-state index is 12.5. The van der Waals surface area contributed by atoms with E-state index in [1.54, 1.807) is 0 Å². The zero-order chi connectivity index (χ0) is 9.72. The standard InChI is InChI=1S/C6H8F2O4/c1-11-5(9)3(7)4(8)6(10)12-2/h3-4H,1-2H3/t3-,4-/m1/s1. The first-order chi connectivity index (χ1) is 5.54. The van der Waals surface area contributed by atoms with Crippen molar-refractivity contribution in [1.29, 1.82) is 0 Å². The van der Waals surface area contributed by atoms with Crippen LogP contribution in [0.1, 0.15) is 0 Å². The van der Waals surface area contributed by atoms with Gasteiger partial charge < -0.3 is 9.47 Å². The predicted molar refractivity (Wildman–Crippen MR) is 33.8 cm³/mol. The van der Waals surface area contributed by atoms with Crippen LogP contribution in [0.4, 0.5) is 8.78 Å². The number of hydrogen-bond donors (Lipinski definition) is 0. The van der Waals surface area contributed by atoms with Gasteiger partial charge in [0.1, 0.15) is 0 Å². The molecule has 70 valence electrons. The molecule has 0 N–H and O–H groups in total. The molecule has 0 aromatic heterocycles. The molecule has 0 aromatic carbocycles. The van der Waals surface area contributed by atoms with Gasteiger partial charge in [-0.25, -0.2) is 18.4 Å². The van der Waals surface area contributed by atoms with Crippen LogP contribution in [0.15, 0.2) is 0 Å². The lowest BCUT2D eigenvalue weighted by molar-refractivity contribution is -0.159. The average molecular weight is 182 g/mol. The minimum Gasteiger partial charge on any atom is -0.467 e. The van der Waals surface area contributed by atoms with E-state index in [0.717, 1.165) is 14.2 Å². The van der Waals surface area contributed by atoms with Crippen LogP contribution >= 0.6 is 0 Å². The van der Waals surface area contributed by atoms with Crippen molar-refractivity contribution in [3.05, 3.63) is 0 Å². The Morgan fingerprint density at radius 2 is 1.25 bits per heavy atom. The highest BCUT2D eigenvalue weighted by molar-refractivity contribution is 5.85. The molecule has 0 radical (unpaired) electrons. The monoisotopic (exact) mass is 182 g/mol. The van der Waals surface area contributed by atoms with Crippen LogP contribution in [-0.4, -0.2) is 38.5 Å². The highest BCUT2D eigenvalue weighted by atomic mass is 19.2. The first-order valence-electron chi connectivity index (χ1n) is 2.98. The Hall–Kier alpha value is -1.20. The van der Waals surface area contributed by atoms with Crippen LogP contribution in [-0.2, 0) is 19.1 Å². The summed E-state index contributed by atoms with van der Waals surface area (Å²) in [5.41, 5.74) is 0. The molecule has 0 fully saturated rings. The fourth-order valence-electron chi connectivity index (χ4n) is 0.464. The summed E-state index contributed by atoms with van der Waals surface area (Å²) in [7, 11) is 1.78. The number of hydrogen-bond acceptors (Lipinski definition) is 4. The summed E-state index contributed by atoms with van der Waals surface area (Å²) >= 11 is 0. The molecule has 0 unspecified atom stereocenters. The zero-order valence-corrected chi connectivity index (χ0v) is 6.54. The van der Waals surface area contributed by atoms with Crippen molar-refractivity contribution in [3.63, 3.8) is 0 Å². The zero-order valence-electron chi connectivity index (χ0n) is 6.54. The molecule has 0 aliphatic heterocycles. The second kappa shape index (κ2) is 4.63. The molecule has 0 spiro atoms. The average Bonchev–Trinajstić information content (AvgIpc) is 2.12. The summed E-state index contributed by atoms with van der Waals surface area (Å²) < 4.78 is 32.7. The molecule has 0 aliphatic rings. The number of alkyl halides is 2. The lowest BCUT2D eigenvalue weighted by Gasteiger charge is -2.08. The molecule has 0 bridgehead atoms. The van der Waals surface area contributed by atoms with Gasteiger partial charge in [-0.3, -0.25) is 0 Å². The van der Waals surface area contributed by atoms with Gasteiger partial charge in [0, 0.05) is 0 Å². The lowest BCUT2D eigenvalue weighted by Crippen LogP contribution is -2.34. The Labute approximate surface area is 67.4 Å². The van der Waals surface area contributed by atoms with Crippen molar-refractivity contribution in [2.45, 2.75) is 12.3 Å². The van der Waals surface area contributed by atoms with Gasteiger partial charge in [0.2, 0.25) is 12.3 Å². The van der Waals surface area contributed by atoms with Gasteiger partial charge in [0.25, 0.3) is 0 Å². The summed E-state index contributed by atoms with van der Waals surface area (Å²) in [6.45, 7) is 0. The number of ether oxygens (including phenoxy) is 2. The highest BCUT2D eigenvalue weighted by Gasteiger charge is 2.35. The smallest absolute Gasteiger partial charge is 0.344 e. The molecule has 4 nitrogen and oxygen atoms in total. The van der Waals surface area contributed by atoms with E-state index < -0.39 is 24.3 Å². The number of halogens is 2. The third kappa shape index (κ3) is 2.44. The summed E-state index contributed by atoms with van der Waals surface area (Å²) in [4.78, 5) is 20.7. The van der Waals surface area contributed by atoms with E-state index in [1.165, 1.54) is 0 Å². The summed E-state index contributed by atoms with van der Waals surface area (Å²) in [5.74, 6) is -2.87. The second-order valence-electron chi connectivity index (χ2n) is 1.85. The lowest BCUT2D eigenvalue weighted by atomic mass is 10.2. The number of esters is 2. The number of carbonyl (C=O) groups is 2. The molecule has 0 heterocycles. The molecule has 0 saturated carbocycles. The molecule has 2 atom stereocenters. The first kappa shape index (κ1) is 10.8. The van der Waals surface area contributed by atoms with E-state index in [0.29, 0.717) is 0 Å². The fraction of sp³-hybridized carbons (Fsp3) is 0.667. The van der Waals surface area contributed by atoms with Crippen LogP contribution in [0.2, 0.25) is 0 Å². The second-order valence-corrected chi connectivity index (χ2v) is 1.85. The van der Waals surface area contributed by atoms with Crippen molar-refractivity contribution < 1.29 is 27.8 Å². The molecule has 6 heteroatoms. The molecule has 0 aliphatic carbocycles. The Bertz CT molecular complexity index is 162. The molecule has 0 aromatic rings. The molecule has 0 saturated heterocycles. The number of rotatable bonds is 3. The molecular weight excluding hydrogens is 174 g/mol. The topological polar surface area (TPSA) is 52.6 Å². The summed E-state index contributed by atoms with van der Waals surface area (Å²) in [5, 5.41) is 0. The van der Waals surface area contributed by atoms with Gasteiger partial charge in [-0.05, 0) is 0 Å². The predicted octanol–water partition coefficient (Wildman–Crippen LogP) is 0.00860. The minimum atomic E-state index is -2.62. The minimum absolute atomic E-state index is 0.888. The Kier molecular flexibility index (Phi) is 4.17. The van der Waals surface area contributed by atoms with Crippen LogP contribution in [0, 0.1) is 0 Å². The van der Waals surface area contributed by atoms with Gasteiger partial charge in [0.15, 0.2) is 0 Å². The van der Waals surface area contributed by atoms with Crippen molar-refractivity contribution in [2.24, 2.45) is 0 Å². The van der Waals surface area contributed by atoms with E-state index >= 15 is 0 Å². The van der Waals surface area contributed by atoms with Gasteiger partial charge in [-0.2, -0.15) is 0 Å². The number of methoxy groups -OCH3 is 2. The Balaban J connectivity index is 4.18. The van der Waals surface area contributed by atoms with Crippen LogP contribution in [0.3, 0.4) is 0 Å². The van der Waals surface area contributed by atoms with E-state index in [1.807, 2.05) is 0 Å². The third-order valence-electron chi connectivity index (χ3n) is 1.11. The third-order valence-corrected chi connectivity index (χ3v) is 1.11. The molecule has 12 heavy (non-hydrogen) atoms. The van der Waals surface area contributed by atoms with Gasteiger partial charge in [0.05, 0.1) is 14.2 Å². The van der Waals surface area contributed by atoms with Crippen LogP contribution < -0.4 is 0 Å². The first-order valence-corrected chi connectivity index (χ1v) is 2.98. The van der Waals surface area contributed by atoms with Crippen LogP contribution in [0.25, 0.3) is 0 Å². The van der Waals surface area contributed by atoms with Crippen molar-refractivity contribution in [2.75, 3.05) is 14.2 Å². The highest BCUT2D eigenvalue weighted by Crippen LogP contribution is 2.07. The molecule has 0 rings (SSSR count). The quantitative estimate of drug-likeness (QED) is 0.577. The SMILES string of the molecule is COC(=O)[C@H](F)[C@@H](F)C(=O)OC. The van der Waals surface area contributed by atoms with E-state index in [4.69, 9.17) is 0 Å². The van der Waals surface area contributed by atoms with Gasteiger partial charge in [-0.1, -0.05) is 0 Å². The summed E-state index contributed by atoms with van der Waals surface area (Å²) in [6.07, 6.45) is -5.25. The van der Waals surface area contributed by atoms with E-state index in [-0.39, 0.29) is 0 Å². The van der Waals surface area contributed by atoms with Crippen molar-refractivity contribution in [3.8, 4) is 0 Å². The van der Waals surface area contributed by atoms with Crippen molar-refractivity contribution in [1.82, 2.24) is 0 Å². The summed E-state index contributed by atoms with van der Waals surface area (Å²) in [6, 6.07) is 0. The number of carbonyl (C=O) groups excluding carboxylic acids is 2. The van der Waals surface area contributed by atoms with Gasteiger partial charge >= 0.3 is 11.9 Å². The molecular formula is C6H8F2O4. The fourth-order valence-corrected chi connectivity index (χ4v) is 0.464. The van der Waals surface area contributed by atoms with E-state index in [9.17, 15) is 18.4 Å². The van der Waals surface area contributed by atoms with E-state index in [2.05, 4.69) is 9.47 Å².